The van der Waals surface area contributed by atoms with Crippen molar-refractivity contribution in [1.82, 2.24) is 10.2 Å². The maximum atomic E-state index is 5.86. The molecule has 0 aliphatic heterocycles. The third-order valence-corrected chi connectivity index (χ3v) is 5.53. The SMILES string of the molecule is CSc1nnc(SC2CCC(N)C2)s1. The lowest BCUT2D eigenvalue weighted by atomic mass is 10.3. The largest absolute Gasteiger partial charge is 0.328 e. The van der Waals surface area contributed by atoms with E-state index in [2.05, 4.69) is 10.2 Å². The summed E-state index contributed by atoms with van der Waals surface area (Å²) in [5.74, 6) is 0. The molecule has 0 amide bonds. The number of nitrogens with zero attached hydrogens (tertiary/aromatic N) is 2. The van der Waals surface area contributed by atoms with Gasteiger partial charge in [0, 0.05) is 11.3 Å². The minimum Gasteiger partial charge on any atom is -0.328 e. The highest BCUT2D eigenvalue weighted by molar-refractivity contribution is 8.03. The minimum absolute atomic E-state index is 0.403. The molecule has 1 heterocycles. The monoisotopic (exact) mass is 247 g/mol. The van der Waals surface area contributed by atoms with Crippen LogP contribution in [0.5, 0.6) is 0 Å². The molecule has 1 aromatic rings. The van der Waals surface area contributed by atoms with E-state index in [1.54, 1.807) is 23.1 Å². The molecule has 6 heteroatoms. The van der Waals surface area contributed by atoms with Crippen LogP contribution in [-0.2, 0) is 0 Å². The summed E-state index contributed by atoms with van der Waals surface area (Å²) in [6.07, 6.45) is 5.53. The predicted octanol–water partition coefficient (Wildman–Crippen LogP) is 2.23. The van der Waals surface area contributed by atoms with E-state index in [-0.39, 0.29) is 0 Å². The van der Waals surface area contributed by atoms with Gasteiger partial charge in [0.25, 0.3) is 0 Å². The Balaban J connectivity index is 1.90. The third kappa shape index (κ3) is 2.62. The summed E-state index contributed by atoms with van der Waals surface area (Å²) in [7, 11) is 0. The molecule has 1 fully saturated rings. The van der Waals surface area contributed by atoms with Crippen molar-refractivity contribution in [2.45, 2.75) is 39.2 Å². The Hall–Kier alpha value is 0.220. The zero-order valence-corrected chi connectivity index (χ0v) is 10.4. The molecule has 0 spiro atoms. The van der Waals surface area contributed by atoms with E-state index in [1.807, 2.05) is 18.0 Å². The third-order valence-electron chi connectivity index (χ3n) is 2.26. The molecule has 2 rings (SSSR count). The van der Waals surface area contributed by atoms with Gasteiger partial charge in [-0.3, -0.25) is 0 Å². The lowest BCUT2D eigenvalue weighted by molar-refractivity contribution is 0.705. The zero-order chi connectivity index (χ0) is 9.97. The van der Waals surface area contributed by atoms with Gasteiger partial charge in [-0.2, -0.15) is 0 Å². The highest BCUT2D eigenvalue weighted by atomic mass is 32.2. The van der Waals surface area contributed by atoms with Crippen LogP contribution >= 0.6 is 34.9 Å². The Kier molecular flexibility index (Phi) is 3.70. The van der Waals surface area contributed by atoms with Gasteiger partial charge in [0.05, 0.1) is 0 Å². The van der Waals surface area contributed by atoms with E-state index in [9.17, 15) is 0 Å². The molecule has 2 unspecified atom stereocenters. The van der Waals surface area contributed by atoms with Crippen molar-refractivity contribution in [2.24, 2.45) is 5.73 Å². The number of hydrogen-bond acceptors (Lipinski definition) is 6. The van der Waals surface area contributed by atoms with Gasteiger partial charge in [-0.25, -0.2) is 0 Å². The molecular formula is C8H13N3S3. The van der Waals surface area contributed by atoms with Gasteiger partial charge in [-0.15, -0.1) is 10.2 Å². The van der Waals surface area contributed by atoms with Gasteiger partial charge < -0.3 is 5.73 Å². The highest BCUT2D eigenvalue weighted by Gasteiger charge is 2.23. The summed E-state index contributed by atoms with van der Waals surface area (Å²) in [5, 5.41) is 8.88. The van der Waals surface area contributed by atoms with Crippen LogP contribution in [0.3, 0.4) is 0 Å². The number of nitrogens with two attached hydrogens (primary N) is 1. The fraction of sp³-hybridized carbons (Fsp3) is 0.750. The fourth-order valence-corrected chi connectivity index (χ4v) is 4.52. The van der Waals surface area contributed by atoms with Crippen molar-refractivity contribution >= 4 is 34.9 Å². The minimum atomic E-state index is 0.403. The Morgan fingerprint density at radius 2 is 2.14 bits per heavy atom. The molecule has 14 heavy (non-hydrogen) atoms. The summed E-state index contributed by atoms with van der Waals surface area (Å²) >= 11 is 5.18. The predicted molar refractivity (Wildman–Crippen MR) is 63.2 cm³/mol. The molecule has 0 bridgehead atoms. The summed E-state index contributed by atoms with van der Waals surface area (Å²) in [6.45, 7) is 0. The Labute approximate surface area is 96.2 Å². The van der Waals surface area contributed by atoms with Crippen LogP contribution in [-0.4, -0.2) is 27.7 Å². The molecule has 3 nitrogen and oxygen atoms in total. The van der Waals surface area contributed by atoms with Gasteiger partial charge >= 0.3 is 0 Å². The second-order valence-electron chi connectivity index (χ2n) is 3.35. The maximum absolute atomic E-state index is 5.86. The van der Waals surface area contributed by atoms with Crippen LogP contribution in [0.2, 0.25) is 0 Å². The van der Waals surface area contributed by atoms with Crippen molar-refractivity contribution in [2.75, 3.05) is 6.26 Å². The van der Waals surface area contributed by atoms with Crippen LogP contribution in [0.25, 0.3) is 0 Å². The number of aromatic nitrogens is 2. The van der Waals surface area contributed by atoms with Crippen molar-refractivity contribution in [3.8, 4) is 0 Å². The molecule has 2 N–H and O–H groups in total. The summed E-state index contributed by atoms with van der Waals surface area (Å²) in [4.78, 5) is 0. The standard InChI is InChI=1S/C8H13N3S3/c1-12-7-10-11-8(14-7)13-6-3-2-5(9)4-6/h5-6H,2-4,9H2,1H3. The van der Waals surface area contributed by atoms with Crippen LogP contribution < -0.4 is 5.73 Å². The number of hydrogen-bond donors (Lipinski definition) is 1. The maximum Gasteiger partial charge on any atom is 0.175 e. The molecule has 78 valence electrons. The molecular weight excluding hydrogens is 234 g/mol. The number of thioether (sulfide) groups is 2. The Bertz CT molecular complexity index is 302. The molecule has 2 atom stereocenters. The molecule has 0 aromatic carbocycles. The van der Waals surface area contributed by atoms with Crippen LogP contribution in [0.4, 0.5) is 0 Å². The molecule has 1 aliphatic rings. The highest BCUT2D eigenvalue weighted by Crippen LogP contribution is 2.36. The van der Waals surface area contributed by atoms with Gasteiger partial charge in [0.2, 0.25) is 0 Å². The van der Waals surface area contributed by atoms with E-state index in [4.69, 9.17) is 5.73 Å². The molecule has 1 aromatic heterocycles. The van der Waals surface area contributed by atoms with Crippen molar-refractivity contribution in [3.63, 3.8) is 0 Å². The fourth-order valence-electron chi connectivity index (χ4n) is 1.55. The van der Waals surface area contributed by atoms with E-state index in [1.165, 1.54) is 6.42 Å². The quantitative estimate of drug-likeness (QED) is 0.830. The first-order valence-corrected chi connectivity index (χ1v) is 7.49. The first-order valence-electron chi connectivity index (χ1n) is 4.57. The van der Waals surface area contributed by atoms with Gasteiger partial charge in [0.15, 0.2) is 8.68 Å². The zero-order valence-electron chi connectivity index (χ0n) is 7.97. The normalized spacial score (nSPS) is 27.0. The number of rotatable bonds is 3. The summed E-state index contributed by atoms with van der Waals surface area (Å²) in [6, 6.07) is 0.403. The Morgan fingerprint density at radius 1 is 1.36 bits per heavy atom. The van der Waals surface area contributed by atoms with Crippen molar-refractivity contribution in [1.29, 1.82) is 0 Å². The first-order chi connectivity index (χ1) is 6.78. The van der Waals surface area contributed by atoms with Gasteiger partial charge in [0.1, 0.15) is 0 Å². The lowest BCUT2D eigenvalue weighted by Gasteiger charge is -2.04. The van der Waals surface area contributed by atoms with Crippen molar-refractivity contribution < 1.29 is 0 Å². The lowest BCUT2D eigenvalue weighted by Crippen LogP contribution is -2.15. The summed E-state index contributed by atoms with van der Waals surface area (Å²) < 4.78 is 2.14. The van der Waals surface area contributed by atoms with Crippen LogP contribution in [0.15, 0.2) is 8.68 Å². The smallest absolute Gasteiger partial charge is 0.175 e. The topological polar surface area (TPSA) is 51.8 Å². The molecule has 1 aliphatic carbocycles. The second-order valence-corrected chi connectivity index (χ2v) is 6.93. The average molecular weight is 247 g/mol. The van der Waals surface area contributed by atoms with Crippen LogP contribution in [0.1, 0.15) is 19.3 Å². The van der Waals surface area contributed by atoms with Crippen molar-refractivity contribution in [3.05, 3.63) is 0 Å². The molecule has 0 saturated heterocycles. The second kappa shape index (κ2) is 4.83. The first kappa shape index (κ1) is 10.7. The van der Waals surface area contributed by atoms with Gasteiger partial charge in [-0.05, 0) is 25.5 Å². The Morgan fingerprint density at radius 3 is 2.71 bits per heavy atom. The van der Waals surface area contributed by atoms with E-state index in [0.29, 0.717) is 11.3 Å². The van der Waals surface area contributed by atoms with E-state index in [0.717, 1.165) is 21.5 Å². The summed E-state index contributed by atoms with van der Waals surface area (Å²) in [5.41, 5.74) is 5.86. The van der Waals surface area contributed by atoms with Crippen LogP contribution in [0, 0.1) is 0 Å². The molecule has 1 saturated carbocycles. The average Bonchev–Trinajstić information content (AvgIpc) is 2.76. The van der Waals surface area contributed by atoms with E-state index >= 15 is 0 Å². The molecule has 0 radical (unpaired) electrons. The van der Waals surface area contributed by atoms with E-state index < -0.39 is 0 Å². The van der Waals surface area contributed by atoms with Gasteiger partial charge in [-0.1, -0.05) is 34.9 Å².